The van der Waals surface area contributed by atoms with Gasteiger partial charge in [0.05, 0.1) is 11.0 Å². The van der Waals surface area contributed by atoms with Crippen molar-refractivity contribution >= 4 is 34.2 Å². The maximum absolute atomic E-state index is 12.9. The van der Waals surface area contributed by atoms with Crippen LogP contribution in [0.2, 0.25) is 0 Å². The summed E-state index contributed by atoms with van der Waals surface area (Å²) in [5.41, 5.74) is 2.29. The molecule has 0 radical (unpaired) electrons. The maximum Gasteiger partial charge on any atom is 0.326 e. The smallest absolute Gasteiger partial charge is 0.326 e. The van der Waals surface area contributed by atoms with Crippen LogP contribution in [0.5, 0.6) is 0 Å². The van der Waals surface area contributed by atoms with Gasteiger partial charge in [-0.2, -0.15) is 0 Å². The molecule has 0 saturated heterocycles. The largest absolute Gasteiger partial charge is 0.480 e. The highest BCUT2D eigenvalue weighted by Gasteiger charge is 2.28. The first-order valence-electron chi connectivity index (χ1n) is 11.9. The van der Waals surface area contributed by atoms with Crippen molar-refractivity contribution in [3.8, 4) is 0 Å². The van der Waals surface area contributed by atoms with E-state index < -0.39 is 12.0 Å². The number of aliphatic carboxylic acids is 1. The van der Waals surface area contributed by atoms with Gasteiger partial charge in [-0.3, -0.25) is 4.79 Å². The van der Waals surface area contributed by atoms with Crippen molar-refractivity contribution in [1.82, 2.24) is 14.9 Å². The zero-order valence-corrected chi connectivity index (χ0v) is 20.4. The molecule has 3 atom stereocenters. The van der Waals surface area contributed by atoms with Gasteiger partial charge in [-0.1, -0.05) is 39.7 Å². The van der Waals surface area contributed by atoms with Crippen molar-refractivity contribution in [2.24, 2.45) is 11.8 Å². The van der Waals surface area contributed by atoms with Gasteiger partial charge < -0.3 is 15.0 Å². The van der Waals surface area contributed by atoms with E-state index in [1.165, 1.54) is 24.1 Å². The van der Waals surface area contributed by atoms with E-state index in [9.17, 15) is 14.7 Å². The van der Waals surface area contributed by atoms with Crippen molar-refractivity contribution in [3.05, 3.63) is 52.0 Å². The highest BCUT2D eigenvalue weighted by Crippen LogP contribution is 2.37. The minimum Gasteiger partial charge on any atom is -0.480 e. The van der Waals surface area contributed by atoms with Gasteiger partial charge in [0.25, 0.3) is 5.91 Å². The Labute approximate surface area is 199 Å². The molecule has 3 aromatic rings. The van der Waals surface area contributed by atoms with Crippen molar-refractivity contribution < 1.29 is 14.7 Å². The predicted octanol–water partition coefficient (Wildman–Crippen LogP) is 5.67. The van der Waals surface area contributed by atoms with Crippen LogP contribution in [0.25, 0.3) is 11.0 Å². The Morgan fingerprint density at radius 3 is 2.70 bits per heavy atom. The zero-order valence-electron chi connectivity index (χ0n) is 19.6. The van der Waals surface area contributed by atoms with Gasteiger partial charge in [-0.15, -0.1) is 11.3 Å². The van der Waals surface area contributed by atoms with Gasteiger partial charge in [0.15, 0.2) is 0 Å². The molecule has 6 nitrogen and oxygen atoms in total. The van der Waals surface area contributed by atoms with Crippen LogP contribution in [0.4, 0.5) is 0 Å². The second kappa shape index (κ2) is 10.1. The van der Waals surface area contributed by atoms with Crippen LogP contribution in [-0.4, -0.2) is 32.6 Å². The summed E-state index contributed by atoms with van der Waals surface area (Å²) in [4.78, 5) is 30.7. The summed E-state index contributed by atoms with van der Waals surface area (Å²) in [6.45, 7) is 6.22. The monoisotopic (exact) mass is 467 g/mol. The number of carbonyl (C=O) groups is 2. The first kappa shape index (κ1) is 23.5. The third-order valence-electron chi connectivity index (χ3n) is 6.65. The maximum atomic E-state index is 12.9. The van der Waals surface area contributed by atoms with Gasteiger partial charge >= 0.3 is 5.97 Å². The van der Waals surface area contributed by atoms with Gasteiger partial charge in [0.1, 0.15) is 11.9 Å². The molecule has 7 heteroatoms. The van der Waals surface area contributed by atoms with Crippen molar-refractivity contribution in [3.63, 3.8) is 0 Å². The van der Waals surface area contributed by atoms with Gasteiger partial charge in [0, 0.05) is 22.9 Å². The number of hydrogen-bond acceptors (Lipinski definition) is 4. The summed E-state index contributed by atoms with van der Waals surface area (Å²) in [7, 11) is 0. The standard InChI is InChI=1S/C26H33N3O3S/c1-16(2)13-21(26(31)32)28-25(30)18-10-11-23-20(14-18)27-24(15-19-8-6-12-33-19)29(23)22-9-5-4-7-17(22)3/h6,8,10-12,14,16-17,21-22H,4-5,7,9,13,15H2,1-3H3,(H,28,30)(H,31,32)/t17-,21?,22+/m1/s1. The second-order valence-electron chi connectivity index (χ2n) is 9.68. The molecule has 1 saturated carbocycles. The number of rotatable bonds is 8. The molecule has 33 heavy (non-hydrogen) atoms. The van der Waals surface area contributed by atoms with E-state index in [1.807, 2.05) is 19.9 Å². The summed E-state index contributed by atoms with van der Waals surface area (Å²) in [5.74, 6) is 0.402. The number of thiophene rings is 1. The van der Waals surface area contributed by atoms with Crippen LogP contribution < -0.4 is 5.32 Å². The number of nitrogens with one attached hydrogen (secondary N) is 1. The van der Waals surface area contributed by atoms with Crippen LogP contribution in [0.15, 0.2) is 35.7 Å². The first-order chi connectivity index (χ1) is 15.8. The Hall–Kier alpha value is -2.67. The molecule has 1 aliphatic rings. The Kier molecular flexibility index (Phi) is 7.17. The number of hydrogen-bond donors (Lipinski definition) is 2. The molecule has 4 rings (SSSR count). The quantitative estimate of drug-likeness (QED) is 0.447. The van der Waals surface area contributed by atoms with E-state index in [0.717, 1.165) is 29.7 Å². The highest BCUT2D eigenvalue weighted by molar-refractivity contribution is 7.09. The van der Waals surface area contributed by atoms with Crippen LogP contribution in [0.3, 0.4) is 0 Å². The summed E-state index contributed by atoms with van der Waals surface area (Å²) in [5, 5.41) is 14.3. The molecule has 1 aliphatic carbocycles. The van der Waals surface area contributed by atoms with E-state index in [4.69, 9.17) is 4.98 Å². The van der Waals surface area contributed by atoms with Crippen LogP contribution in [-0.2, 0) is 11.2 Å². The molecule has 2 heterocycles. The van der Waals surface area contributed by atoms with E-state index >= 15 is 0 Å². The third kappa shape index (κ3) is 5.29. The molecular weight excluding hydrogens is 434 g/mol. The SMILES string of the molecule is CC(C)CC(NC(=O)c1ccc2c(c1)nc(Cc1cccs1)n2[C@H]1CCCC[C@H]1C)C(=O)O. The molecule has 176 valence electrons. The Balaban J connectivity index is 1.68. The minimum atomic E-state index is -1.01. The van der Waals surface area contributed by atoms with Crippen molar-refractivity contribution in [1.29, 1.82) is 0 Å². The normalized spacial score (nSPS) is 19.6. The van der Waals surface area contributed by atoms with Crippen molar-refractivity contribution in [2.75, 3.05) is 0 Å². The van der Waals surface area contributed by atoms with Crippen LogP contribution in [0.1, 0.15) is 80.0 Å². The number of carbonyl (C=O) groups excluding carboxylic acids is 1. The average Bonchev–Trinajstić information content (AvgIpc) is 3.40. The molecule has 0 bridgehead atoms. The summed E-state index contributed by atoms with van der Waals surface area (Å²) in [6, 6.07) is 9.29. The molecule has 2 aromatic heterocycles. The fourth-order valence-electron chi connectivity index (χ4n) is 4.97. The Morgan fingerprint density at radius 1 is 1.24 bits per heavy atom. The van der Waals surface area contributed by atoms with E-state index in [2.05, 4.69) is 34.3 Å². The van der Waals surface area contributed by atoms with E-state index in [0.29, 0.717) is 23.9 Å². The second-order valence-corrected chi connectivity index (χ2v) is 10.7. The number of imidazole rings is 1. The lowest BCUT2D eigenvalue weighted by Crippen LogP contribution is -2.41. The first-order valence-corrected chi connectivity index (χ1v) is 12.8. The topological polar surface area (TPSA) is 84.2 Å². The van der Waals surface area contributed by atoms with E-state index in [-0.39, 0.29) is 11.8 Å². The zero-order chi connectivity index (χ0) is 23.5. The van der Waals surface area contributed by atoms with Gasteiger partial charge in [-0.25, -0.2) is 9.78 Å². The fraction of sp³-hybridized carbons (Fsp3) is 0.500. The predicted molar refractivity (Wildman–Crippen MR) is 132 cm³/mol. The Bertz CT molecular complexity index is 1120. The minimum absolute atomic E-state index is 0.168. The Morgan fingerprint density at radius 2 is 2.03 bits per heavy atom. The lowest BCUT2D eigenvalue weighted by molar-refractivity contribution is -0.139. The van der Waals surface area contributed by atoms with Crippen molar-refractivity contribution in [2.45, 2.75) is 71.4 Å². The molecule has 0 aliphatic heterocycles. The van der Waals surface area contributed by atoms with Crippen LogP contribution in [0, 0.1) is 11.8 Å². The molecule has 1 aromatic carbocycles. The number of carboxylic acids is 1. The number of carboxylic acid groups (broad SMARTS) is 1. The lowest BCUT2D eigenvalue weighted by Gasteiger charge is -2.31. The lowest BCUT2D eigenvalue weighted by atomic mass is 9.85. The average molecular weight is 468 g/mol. The number of fused-ring (bicyclic) bond motifs is 1. The summed E-state index contributed by atoms with van der Waals surface area (Å²) >= 11 is 1.73. The molecule has 1 amide bonds. The molecule has 1 fully saturated rings. The summed E-state index contributed by atoms with van der Waals surface area (Å²) in [6.07, 6.45) is 6.02. The number of nitrogens with zero attached hydrogens (tertiary/aromatic N) is 2. The summed E-state index contributed by atoms with van der Waals surface area (Å²) < 4.78 is 2.40. The van der Waals surface area contributed by atoms with Gasteiger partial charge in [0.2, 0.25) is 0 Å². The number of amides is 1. The van der Waals surface area contributed by atoms with Crippen LogP contribution >= 0.6 is 11.3 Å². The van der Waals surface area contributed by atoms with E-state index in [1.54, 1.807) is 23.5 Å². The third-order valence-corrected chi connectivity index (χ3v) is 7.52. The molecule has 0 spiro atoms. The number of aromatic nitrogens is 2. The molecule has 1 unspecified atom stereocenters. The fourth-order valence-corrected chi connectivity index (χ4v) is 5.67. The highest BCUT2D eigenvalue weighted by atomic mass is 32.1. The number of benzene rings is 1. The molecular formula is C26H33N3O3S. The van der Waals surface area contributed by atoms with Gasteiger partial charge in [-0.05, 0) is 60.7 Å². The molecule has 2 N–H and O–H groups in total.